The van der Waals surface area contributed by atoms with Gasteiger partial charge in [-0.25, -0.2) is 4.79 Å². The summed E-state index contributed by atoms with van der Waals surface area (Å²) in [7, 11) is 0. The van der Waals surface area contributed by atoms with E-state index in [1.807, 2.05) is 63.2 Å². The molecule has 252 valence electrons. The van der Waals surface area contributed by atoms with Gasteiger partial charge in [-0.2, -0.15) is 0 Å². The molecule has 1 aromatic heterocycles. The molecular weight excluding hydrogens is 604 g/mol. The average molecular weight is 649 g/mol. The number of fused-ring (bicyclic) bond motifs is 1. The van der Waals surface area contributed by atoms with Crippen LogP contribution in [-0.4, -0.2) is 60.3 Å². The number of amides is 4. The third-order valence-electron chi connectivity index (χ3n) is 8.45. The molecular formula is C35H44N4O8. The number of urea groups is 1. The van der Waals surface area contributed by atoms with Gasteiger partial charge in [-0.05, 0) is 50.5 Å². The Morgan fingerprint density at radius 1 is 1.02 bits per heavy atom. The zero-order chi connectivity index (χ0) is 33.7. The summed E-state index contributed by atoms with van der Waals surface area (Å²) in [5.41, 5.74) is 8.23. The van der Waals surface area contributed by atoms with Crippen LogP contribution in [0.25, 0.3) is 0 Å². The zero-order valence-corrected chi connectivity index (χ0v) is 27.4. The fourth-order valence-corrected chi connectivity index (χ4v) is 5.96. The lowest BCUT2D eigenvalue weighted by molar-refractivity contribution is -0.222. The lowest BCUT2D eigenvalue weighted by Gasteiger charge is -2.36. The van der Waals surface area contributed by atoms with E-state index < -0.39 is 60.3 Å². The third-order valence-corrected chi connectivity index (χ3v) is 8.45. The van der Waals surface area contributed by atoms with Crippen molar-refractivity contribution in [3.63, 3.8) is 0 Å². The first kappa shape index (κ1) is 34.1. The van der Waals surface area contributed by atoms with E-state index in [1.54, 1.807) is 38.1 Å². The molecule has 2 aliphatic rings. The predicted molar refractivity (Wildman–Crippen MR) is 174 cm³/mol. The Bertz CT molecular complexity index is 1500. The van der Waals surface area contributed by atoms with Gasteiger partial charge in [0.1, 0.15) is 24.4 Å². The van der Waals surface area contributed by atoms with Gasteiger partial charge in [0.15, 0.2) is 12.1 Å². The number of primary amides is 1. The number of nitrogens with two attached hydrogens (primary N) is 1. The first-order valence-corrected chi connectivity index (χ1v) is 15.9. The molecule has 0 bridgehead atoms. The van der Waals surface area contributed by atoms with Crippen molar-refractivity contribution in [1.29, 1.82) is 0 Å². The van der Waals surface area contributed by atoms with Gasteiger partial charge < -0.3 is 39.7 Å². The van der Waals surface area contributed by atoms with Crippen LogP contribution in [0.5, 0.6) is 0 Å². The smallest absolute Gasteiger partial charge is 0.329 e. The predicted octanol–water partition coefficient (Wildman–Crippen LogP) is 4.86. The van der Waals surface area contributed by atoms with Crippen molar-refractivity contribution in [2.75, 3.05) is 10.2 Å². The summed E-state index contributed by atoms with van der Waals surface area (Å²) in [6, 6.07) is 17.6. The summed E-state index contributed by atoms with van der Waals surface area (Å²) < 4.78 is 30.5. The SMILES string of the molecule is CC[C@@H](C)[C@@H](C(=O)N[C@@H](CC(N)=O)[C@@H]1O[C@H]2OC(C)(C)O[C@H]2[C@@H]1OCc1ccccc1)N(C(=O)Nc1ccc(C)cc1)c1ccco1. The number of hydrogen-bond donors (Lipinski definition) is 3. The summed E-state index contributed by atoms with van der Waals surface area (Å²) in [6.07, 6.45) is -1.28. The maximum absolute atomic E-state index is 14.4. The first-order chi connectivity index (χ1) is 22.5. The molecule has 0 unspecified atom stereocenters. The highest BCUT2D eigenvalue weighted by Gasteiger charge is 2.57. The molecule has 3 aromatic rings. The maximum Gasteiger partial charge on any atom is 0.329 e. The molecule has 4 N–H and O–H groups in total. The van der Waals surface area contributed by atoms with Gasteiger partial charge >= 0.3 is 6.03 Å². The van der Waals surface area contributed by atoms with E-state index in [-0.39, 0.29) is 24.8 Å². The van der Waals surface area contributed by atoms with E-state index in [0.29, 0.717) is 12.1 Å². The normalized spacial score (nSPS) is 23.3. The number of rotatable bonds is 13. The quantitative estimate of drug-likeness (QED) is 0.237. The number of anilines is 2. The summed E-state index contributed by atoms with van der Waals surface area (Å²) in [6.45, 7) is 9.54. The highest BCUT2D eigenvalue weighted by atomic mass is 16.8. The van der Waals surface area contributed by atoms with Crippen LogP contribution in [0.1, 0.15) is 51.7 Å². The monoisotopic (exact) mass is 648 g/mol. The van der Waals surface area contributed by atoms with E-state index >= 15 is 0 Å². The fourth-order valence-electron chi connectivity index (χ4n) is 5.96. The molecule has 2 saturated heterocycles. The average Bonchev–Trinajstić information content (AvgIpc) is 3.74. The largest absolute Gasteiger partial charge is 0.448 e. The second-order valence-corrected chi connectivity index (χ2v) is 12.6. The van der Waals surface area contributed by atoms with Gasteiger partial charge in [0, 0.05) is 18.2 Å². The van der Waals surface area contributed by atoms with Crippen LogP contribution < -0.4 is 21.3 Å². The van der Waals surface area contributed by atoms with Gasteiger partial charge in [-0.3, -0.25) is 14.5 Å². The maximum atomic E-state index is 14.4. The minimum Gasteiger partial charge on any atom is -0.448 e. The first-order valence-electron chi connectivity index (χ1n) is 15.9. The van der Waals surface area contributed by atoms with Crippen LogP contribution in [0.3, 0.4) is 0 Å². The van der Waals surface area contributed by atoms with Crippen LogP contribution in [0, 0.1) is 12.8 Å². The van der Waals surface area contributed by atoms with Gasteiger partial charge in [-0.1, -0.05) is 68.3 Å². The molecule has 2 aromatic carbocycles. The Labute approximate surface area is 274 Å². The minimum atomic E-state index is -1.04. The van der Waals surface area contributed by atoms with E-state index in [0.717, 1.165) is 11.1 Å². The van der Waals surface area contributed by atoms with Crippen LogP contribution in [0.2, 0.25) is 0 Å². The molecule has 12 nitrogen and oxygen atoms in total. The number of aryl methyl sites for hydroxylation is 1. The molecule has 4 amide bonds. The third kappa shape index (κ3) is 8.20. The molecule has 5 rings (SSSR count). The highest BCUT2D eigenvalue weighted by Crippen LogP contribution is 2.40. The molecule has 0 saturated carbocycles. The number of carbonyl (C=O) groups is 3. The Hall–Kier alpha value is -4.23. The Morgan fingerprint density at radius 3 is 2.38 bits per heavy atom. The summed E-state index contributed by atoms with van der Waals surface area (Å²) in [5, 5.41) is 5.87. The van der Waals surface area contributed by atoms with E-state index in [1.165, 1.54) is 11.2 Å². The molecule has 2 aliphatic heterocycles. The standard InChI is InChI=1S/C35H44N4O8/c1-6-22(3)28(39(27-13-10-18-43-27)34(42)37-24-16-14-21(2)15-17-24)32(41)38-25(19-26(36)40)29-30(44-20-23-11-8-7-9-12-23)31-33(45-29)47-35(4,5)46-31/h7-18,22,25,28-31,33H,6,19-20H2,1-5H3,(H2,36,40)(H,37,42)(H,38,41)/t22-,25+,28+,29+,30-,31+,33+/m1/s1. The summed E-state index contributed by atoms with van der Waals surface area (Å²) in [4.78, 5) is 42.0. The van der Waals surface area contributed by atoms with Gasteiger partial charge in [0.2, 0.25) is 17.7 Å². The summed E-state index contributed by atoms with van der Waals surface area (Å²) >= 11 is 0. The fraction of sp³-hybridized carbons (Fsp3) is 0.457. The van der Waals surface area contributed by atoms with Crippen LogP contribution >= 0.6 is 0 Å². The number of hydrogen-bond acceptors (Lipinski definition) is 8. The van der Waals surface area contributed by atoms with Gasteiger partial charge in [0.25, 0.3) is 0 Å². The van der Waals surface area contributed by atoms with Crippen molar-refractivity contribution in [3.8, 4) is 0 Å². The highest BCUT2D eigenvalue weighted by molar-refractivity contribution is 6.05. The Balaban J connectivity index is 1.43. The molecule has 3 heterocycles. The molecule has 47 heavy (non-hydrogen) atoms. The number of furan rings is 1. The molecule has 0 aliphatic carbocycles. The van der Waals surface area contributed by atoms with Crippen molar-refractivity contribution in [2.24, 2.45) is 11.7 Å². The van der Waals surface area contributed by atoms with Crippen LogP contribution in [0.4, 0.5) is 16.4 Å². The molecule has 12 heteroatoms. The van der Waals surface area contributed by atoms with E-state index in [9.17, 15) is 14.4 Å². The molecule has 2 fully saturated rings. The van der Waals surface area contributed by atoms with Crippen molar-refractivity contribution in [1.82, 2.24) is 5.32 Å². The van der Waals surface area contributed by atoms with E-state index in [4.69, 9.17) is 29.1 Å². The molecule has 7 atom stereocenters. The van der Waals surface area contributed by atoms with Gasteiger partial charge in [-0.15, -0.1) is 0 Å². The van der Waals surface area contributed by atoms with Crippen LogP contribution in [-0.2, 0) is 35.1 Å². The lowest BCUT2D eigenvalue weighted by atomic mass is 9.94. The van der Waals surface area contributed by atoms with Crippen molar-refractivity contribution in [2.45, 2.75) is 96.5 Å². The Morgan fingerprint density at radius 2 is 1.74 bits per heavy atom. The van der Waals surface area contributed by atoms with Crippen molar-refractivity contribution >= 4 is 29.4 Å². The van der Waals surface area contributed by atoms with Gasteiger partial charge in [0.05, 0.1) is 18.9 Å². The summed E-state index contributed by atoms with van der Waals surface area (Å²) in [5.74, 6) is -2.25. The van der Waals surface area contributed by atoms with Crippen molar-refractivity contribution in [3.05, 3.63) is 84.1 Å². The second-order valence-electron chi connectivity index (χ2n) is 12.6. The minimum absolute atomic E-state index is 0.182. The van der Waals surface area contributed by atoms with Crippen molar-refractivity contribution < 1.29 is 37.7 Å². The zero-order valence-electron chi connectivity index (χ0n) is 27.4. The number of nitrogens with zero attached hydrogens (tertiary/aromatic N) is 1. The Kier molecular flexibility index (Phi) is 10.7. The second kappa shape index (κ2) is 14.7. The van der Waals surface area contributed by atoms with E-state index in [2.05, 4.69) is 10.6 Å². The number of benzene rings is 2. The number of carbonyl (C=O) groups excluding carboxylic acids is 3. The lowest BCUT2D eigenvalue weighted by Crippen LogP contribution is -2.59. The van der Waals surface area contributed by atoms with Crippen LogP contribution in [0.15, 0.2) is 77.4 Å². The molecule has 0 spiro atoms. The molecule has 0 radical (unpaired) electrons. The number of ether oxygens (including phenoxy) is 4. The topological polar surface area (TPSA) is 155 Å². The number of nitrogens with one attached hydrogen (secondary N) is 2.